The molecule has 1 aliphatic carbocycles. The van der Waals surface area contributed by atoms with Crippen LogP contribution in [-0.2, 0) is 14.6 Å². The number of carbonyl (C=O) groups excluding carboxylic acids is 1. The summed E-state index contributed by atoms with van der Waals surface area (Å²) in [6.07, 6.45) is 4.39. The van der Waals surface area contributed by atoms with E-state index >= 15 is 0 Å². The summed E-state index contributed by atoms with van der Waals surface area (Å²) in [5, 5.41) is 6.00. The predicted octanol–water partition coefficient (Wildman–Crippen LogP) is 0.0679. The number of rotatable bonds is 7. The Kier molecular flexibility index (Phi) is 4.55. The van der Waals surface area contributed by atoms with Gasteiger partial charge in [-0.25, -0.2) is 8.42 Å². The Morgan fingerprint density at radius 1 is 1.29 bits per heavy atom. The Morgan fingerprint density at radius 3 is 2.35 bits per heavy atom. The van der Waals surface area contributed by atoms with Gasteiger partial charge in [0.2, 0.25) is 5.91 Å². The first-order valence-corrected chi connectivity index (χ1v) is 7.85. The third-order valence-electron chi connectivity index (χ3n) is 3.12. The van der Waals surface area contributed by atoms with Gasteiger partial charge in [-0.15, -0.1) is 0 Å². The van der Waals surface area contributed by atoms with Crippen LogP contribution in [0.4, 0.5) is 0 Å². The van der Waals surface area contributed by atoms with E-state index in [9.17, 15) is 13.2 Å². The summed E-state index contributed by atoms with van der Waals surface area (Å²) in [6, 6.07) is 0.665. The van der Waals surface area contributed by atoms with Crippen LogP contribution in [0.2, 0.25) is 0 Å². The van der Waals surface area contributed by atoms with Crippen LogP contribution >= 0.6 is 0 Å². The Balaban J connectivity index is 2.23. The van der Waals surface area contributed by atoms with Crippen molar-refractivity contribution in [1.29, 1.82) is 0 Å². The van der Waals surface area contributed by atoms with Crippen molar-refractivity contribution in [1.82, 2.24) is 10.6 Å². The van der Waals surface area contributed by atoms with Crippen molar-refractivity contribution in [2.75, 3.05) is 19.3 Å². The summed E-state index contributed by atoms with van der Waals surface area (Å²) in [5.74, 6) is -0.425. The van der Waals surface area contributed by atoms with E-state index < -0.39 is 20.5 Å². The van der Waals surface area contributed by atoms with Crippen LogP contribution in [0.3, 0.4) is 0 Å². The van der Waals surface area contributed by atoms with Crippen LogP contribution in [0.25, 0.3) is 0 Å². The van der Waals surface area contributed by atoms with Crippen molar-refractivity contribution >= 4 is 15.7 Å². The number of carbonyl (C=O) groups is 1. The average molecular weight is 262 g/mol. The fourth-order valence-electron chi connectivity index (χ4n) is 1.27. The summed E-state index contributed by atoms with van der Waals surface area (Å²) < 4.78 is 21.5. The lowest BCUT2D eigenvalue weighted by atomic mass is 10.2. The second-order valence-corrected chi connectivity index (χ2v) is 7.69. The minimum atomic E-state index is -3.38. The van der Waals surface area contributed by atoms with Crippen LogP contribution in [0.15, 0.2) is 0 Å². The lowest BCUT2D eigenvalue weighted by molar-refractivity contribution is -0.122. The third kappa shape index (κ3) is 4.27. The molecule has 1 fully saturated rings. The standard InChI is InChI=1S/C11H22N2O3S/c1-11(2,17(3,15)16)10(14)13-8-4-7-12-9-5-6-9/h9,12H,4-8H2,1-3H3,(H,13,14). The molecule has 0 unspecified atom stereocenters. The molecule has 0 heterocycles. The Labute approximate surface area is 103 Å². The summed E-state index contributed by atoms with van der Waals surface area (Å²) in [5.41, 5.74) is 0. The molecule has 1 aliphatic rings. The van der Waals surface area contributed by atoms with E-state index in [1.165, 1.54) is 26.7 Å². The Morgan fingerprint density at radius 2 is 1.88 bits per heavy atom. The monoisotopic (exact) mass is 262 g/mol. The first-order chi connectivity index (χ1) is 7.75. The molecule has 5 nitrogen and oxygen atoms in total. The molecule has 1 saturated carbocycles. The second kappa shape index (κ2) is 5.35. The molecule has 1 rings (SSSR count). The van der Waals surface area contributed by atoms with Gasteiger partial charge in [0.15, 0.2) is 9.84 Å². The summed E-state index contributed by atoms with van der Waals surface area (Å²) in [6.45, 7) is 4.24. The molecule has 0 aromatic carbocycles. The van der Waals surface area contributed by atoms with Crippen LogP contribution in [0, 0.1) is 0 Å². The smallest absolute Gasteiger partial charge is 0.240 e. The van der Waals surface area contributed by atoms with E-state index in [4.69, 9.17) is 0 Å². The van der Waals surface area contributed by atoms with E-state index in [1.54, 1.807) is 0 Å². The molecule has 0 radical (unpaired) electrons. The van der Waals surface area contributed by atoms with Gasteiger partial charge in [-0.2, -0.15) is 0 Å². The van der Waals surface area contributed by atoms with Crippen LogP contribution < -0.4 is 10.6 Å². The molecule has 0 aromatic rings. The lowest BCUT2D eigenvalue weighted by Crippen LogP contribution is -2.48. The first kappa shape index (κ1) is 14.4. The van der Waals surface area contributed by atoms with E-state index in [1.807, 2.05) is 0 Å². The van der Waals surface area contributed by atoms with Gasteiger partial charge >= 0.3 is 0 Å². The van der Waals surface area contributed by atoms with Gasteiger partial charge in [0.1, 0.15) is 4.75 Å². The van der Waals surface area contributed by atoms with Gasteiger partial charge in [0, 0.05) is 18.8 Å². The molecule has 0 spiro atoms. The van der Waals surface area contributed by atoms with Crippen LogP contribution in [0.1, 0.15) is 33.1 Å². The van der Waals surface area contributed by atoms with Crippen LogP contribution in [-0.4, -0.2) is 44.5 Å². The first-order valence-electron chi connectivity index (χ1n) is 5.96. The number of nitrogens with one attached hydrogen (secondary N) is 2. The minimum absolute atomic E-state index is 0.425. The molecule has 100 valence electrons. The van der Waals surface area contributed by atoms with Crippen molar-refractivity contribution in [3.05, 3.63) is 0 Å². The van der Waals surface area contributed by atoms with Gasteiger partial charge in [-0.3, -0.25) is 4.79 Å². The molecule has 1 amide bonds. The van der Waals surface area contributed by atoms with Gasteiger partial charge < -0.3 is 10.6 Å². The predicted molar refractivity (Wildman–Crippen MR) is 67.6 cm³/mol. The van der Waals surface area contributed by atoms with E-state index in [0.717, 1.165) is 19.2 Å². The van der Waals surface area contributed by atoms with Crippen molar-refractivity contribution in [2.45, 2.75) is 43.9 Å². The maximum atomic E-state index is 11.7. The zero-order valence-corrected chi connectivity index (χ0v) is 11.6. The highest BCUT2D eigenvalue weighted by atomic mass is 32.2. The van der Waals surface area contributed by atoms with Crippen molar-refractivity contribution in [2.24, 2.45) is 0 Å². The highest BCUT2D eigenvalue weighted by Gasteiger charge is 2.38. The molecule has 0 aromatic heterocycles. The quantitative estimate of drug-likeness (QED) is 0.637. The zero-order valence-electron chi connectivity index (χ0n) is 10.7. The van der Waals surface area contributed by atoms with Gasteiger partial charge in [0.25, 0.3) is 0 Å². The molecule has 0 aliphatic heterocycles. The van der Waals surface area contributed by atoms with Crippen molar-refractivity contribution < 1.29 is 13.2 Å². The number of sulfone groups is 1. The molecular formula is C11H22N2O3S. The maximum Gasteiger partial charge on any atom is 0.240 e. The highest BCUT2D eigenvalue weighted by molar-refractivity contribution is 7.92. The van der Waals surface area contributed by atoms with Crippen LogP contribution in [0.5, 0.6) is 0 Å². The van der Waals surface area contributed by atoms with Crippen molar-refractivity contribution in [3.63, 3.8) is 0 Å². The minimum Gasteiger partial charge on any atom is -0.355 e. The number of hydrogen-bond donors (Lipinski definition) is 2. The zero-order chi connectivity index (χ0) is 13.1. The number of hydrogen-bond acceptors (Lipinski definition) is 4. The molecule has 0 bridgehead atoms. The van der Waals surface area contributed by atoms with E-state index in [2.05, 4.69) is 10.6 Å². The van der Waals surface area contributed by atoms with E-state index in [0.29, 0.717) is 12.6 Å². The molecular weight excluding hydrogens is 240 g/mol. The SMILES string of the molecule is CC(C)(C(=O)NCCCNC1CC1)S(C)(=O)=O. The molecule has 6 heteroatoms. The van der Waals surface area contributed by atoms with Gasteiger partial charge in [-0.05, 0) is 39.7 Å². The van der Waals surface area contributed by atoms with E-state index in [-0.39, 0.29) is 0 Å². The largest absolute Gasteiger partial charge is 0.355 e. The molecule has 0 saturated heterocycles. The fourth-order valence-corrected chi connectivity index (χ4v) is 1.67. The number of amides is 1. The Bertz CT molecular complexity index is 372. The average Bonchev–Trinajstić information content (AvgIpc) is 2.98. The molecule has 0 atom stereocenters. The normalized spacial score (nSPS) is 16.9. The van der Waals surface area contributed by atoms with Crippen molar-refractivity contribution in [3.8, 4) is 0 Å². The lowest BCUT2D eigenvalue weighted by Gasteiger charge is -2.21. The maximum absolute atomic E-state index is 11.7. The third-order valence-corrected chi connectivity index (χ3v) is 5.16. The summed E-state index contributed by atoms with van der Waals surface area (Å²) >= 11 is 0. The van der Waals surface area contributed by atoms with Gasteiger partial charge in [0.05, 0.1) is 0 Å². The van der Waals surface area contributed by atoms with Gasteiger partial charge in [-0.1, -0.05) is 0 Å². The molecule has 2 N–H and O–H groups in total. The fraction of sp³-hybridized carbons (Fsp3) is 0.909. The molecule has 17 heavy (non-hydrogen) atoms. The topological polar surface area (TPSA) is 75.3 Å². The second-order valence-electron chi connectivity index (χ2n) is 5.12. The summed E-state index contributed by atoms with van der Waals surface area (Å²) in [4.78, 5) is 11.7. The highest BCUT2D eigenvalue weighted by Crippen LogP contribution is 2.18. The Hall–Kier alpha value is -0.620. The summed E-state index contributed by atoms with van der Waals surface area (Å²) in [7, 11) is -3.38.